The zero-order valence-corrected chi connectivity index (χ0v) is 44.5. The van der Waals surface area contributed by atoms with E-state index in [1.54, 1.807) is 0 Å². The van der Waals surface area contributed by atoms with Crippen molar-refractivity contribution >= 4 is 68.6 Å². The molecule has 0 N–H and O–H groups in total. The topological polar surface area (TPSA) is 9.72 Å². The van der Waals surface area contributed by atoms with Crippen LogP contribution < -0.4 is 31.1 Å². The molecule has 3 nitrogen and oxygen atoms in total. The van der Waals surface area contributed by atoms with Gasteiger partial charge in [0.25, 0.3) is 6.71 Å². The van der Waals surface area contributed by atoms with Crippen molar-refractivity contribution in [2.75, 3.05) is 14.7 Å². The van der Waals surface area contributed by atoms with Crippen LogP contribution in [0.3, 0.4) is 0 Å². The third kappa shape index (κ3) is 6.91. The molecule has 2 atom stereocenters. The van der Waals surface area contributed by atoms with Gasteiger partial charge in [0, 0.05) is 56.3 Å². The zero-order chi connectivity index (χ0) is 50.1. The molecule has 1 saturated carbocycles. The number of rotatable bonds is 5. The van der Waals surface area contributed by atoms with E-state index in [9.17, 15) is 0 Å². The van der Waals surface area contributed by atoms with Gasteiger partial charge in [-0.05, 0) is 159 Å². The normalized spacial score (nSPS) is 19.8. The van der Waals surface area contributed by atoms with E-state index in [-0.39, 0.29) is 33.9 Å². The van der Waals surface area contributed by atoms with Gasteiger partial charge in [0.15, 0.2) is 0 Å². The van der Waals surface area contributed by atoms with Crippen LogP contribution in [0.15, 0.2) is 176 Å². The molecule has 0 spiro atoms. The summed E-state index contributed by atoms with van der Waals surface area (Å²) in [6.07, 6.45) is 4.86. The van der Waals surface area contributed by atoms with Gasteiger partial charge in [-0.25, -0.2) is 0 Å². The van der Waals surface area contributed by atoms with Crippen LogP contribution in [0.25, 0.3) is 22.3 Å². The standard InChI is InChI=1S/C68H70BN3/c1-45-40-61-63-62(41-45)71(57-37-31-50(65(5,6)7)43-53(57)47-24-16-13-17-25-47)59-36-28-48(46-22-14-12-15-23-46)42-56(59)69(63)55-35-34-52(44-60(55)70(61)51-32-29-49(30-33-51)64(2,3)4)72-58-27-19-18-26-54(58)66(8,9)67(10)38-20-21-39-68(67,72)11/h12-19,22-37,40-44H,20-21,38-39H2,1-11H3. The molecule has 0 radical (unpaired) electrons. The fourth-order valence-corrected chi connectivity index (χ4v) is 13.8. The number of hydrogen-bond donors (Lipinski definition) is 0. The van der Waals surface area contributed by atoms with E-state index in [1.165, 1.54) is 126 Å². The SMILES string of the molecule is Cc1cc2c3c(c1)N(c1ccc(C(C)(C)C)cc1-c1ccccc1)c1ccc(-c4ccccc4)cc1B3c1ccc(N3c4ccccc4C(C)(C)C4(C)CCCCC34C)cc1N2c1ccc(C(C)(C)C)cc1. The van der Waals surface area contributed by atoms with Crippen LogP contribution in [-0.2, 0) is 16.2 Å². The Morgan fingerprint density at radius 2 is 1.04 bits per heavy atom. The van der Waals surface area contributed by atoms with Crippen LogP contribution in [0.1, 0.15) is 117 Å². The molecule has 0 saturated heterocycles. The number of hydrogen-bond acceptors (Lipinski definition) is 3. The van der Waals surface area contributed by atoms with Gasteiger partial charge in [-0.3, -0.25) is 0 Å². The second-order valence-electron chi connectivity index (χ2n) is 24.6. The van der Waals surface area contributed by atoms with Gasteiger partial charge in [0.05, 0.1) is 5.69 Å². The molecule has 8 aromatic carbocycles. The molecule has 0 amide bonds. The Morgan fingerprint density at radius 1 is 0.444 bits per heavy atom. The first-order valence-electron chi connectivity index (χ1n) is 26.7. The molecular formula is C68H70BN3. The summed E-state index contributed by atoms with van der Waals surface area (Å²) < 4.78 is 0. The van der Waals surface area contributed by atoms with Crippen LogP contribution in [0.4, 0.5) is 45.5 Å². The van der Waals surface area contributed by atoms with Gasteiger partial charge in [-0.15, -0.1) is 0 Å². The molecular weight excluding hydrogens is 870 g/mol. The van der Waals surface area contributed by atoms with E-state index >= 15 is 0 Å². The Hall–Kier alpha value is -6.78. The number of para-hydroxylation sites is 1. The quantitative estimate of drug-likeness (QED) is 0.159. The summed E-state index contributed by atoms with van der Waals surface area (Å²) in [4.78, 5) is 8.03. The molecule has 1 aliphatic carbocycles. The van der Waals surface area contributed by atoms with Crippen LogP contribution in [0, 0.1) is 12.3 Å². The average Bonchev–Trinajstić information content (AvgIpc) is 3.36. The maximum Gasteiger partial charge on any atom is 0.252 e. The Kier molecular flexibility index (Phi) is 10.5. The van der Waals surface area contributed by atoms with E-state index in [2.05, 4.69) is 267 Å². The minimum absolute atomic E-state index is 0.00123. The van der Waals surface area contributed by atoms with Crippen LogP contribution in [-0.4, -0.2) is 12.3 Å². The van der Waals surface area contributed by atoms with E-state index < -0.39 is 0 Å². The van der Waals surface area contributed by atoms with E-state index in [0.29, 0.717) is 0 Å². The van der Waals surface area contributed by atoms with Crippen molar-refractivity contribution in [3.05, 3.63) is 198 Å². The van der Waals surface area contributed by atoms with Crippen LogP contribution in [0.5, 0.6) is 0 Å². The summed E-state index contributed by atoms with van der Waals surface area (Å²) in [6, 6.07) is 67.8. The first kappa shape index (κ1) is 46.3. The molecule has 12 rings (SSSR count). The van der Waals surface area contributed by atoms with Gasteiger partial charge in [0.2, 0.25) is 0 Å². The minimum atomic E-state index is -0.103. The Bertz CT molecular complexity index is 3410. The average molecular weight is 940 g/mol. The smallest absolute Gasteiger partial charge is 0.252 e. The van der Waals surface area contributed by atoms with Crippen molar-refractivity contribution in [1.82, 2.24) is 0 Å². The minimum Gasteiger partial charge on any atom is -0.335 e. The number of anilines is 8. The van der Waals surface area contributed by atoms with Crippen LogP contribution in [0.2, 0.25) is 0 Å². The highest BCUT2D eigenvalue weighted by molar-refractivity contribution is 7.00. The maximum absolute atomic E-state index is 2.79. The van der Waals surface area contributed by atoms with Crippen molar-refractivity contribution in [3.63, 3.8) is 0 Å². The lowest BCUT2D eigenvalue weighted by atomic mass is 9.33. The second kappa shape index (κ2) is 16.4. The van der Waals surface area contributed by atoms with Gasteiger partial charge >= 0.3 is 0 Å². The van der Waals surface area contributed by atoms with E-state index in [4.69, 9.17) is 0 Å². The first-order valence-corrected chi connectivity index (χ1v) is 26.7. The summed E-state index contributed by atoms with van der Waals surface area (Å²) in [6.45, 7) is 26.4. The summed E-state index contributed by atoms with van der Waals surface area (Å²) >= 11 is 0. The number of benzene rings is 8. The third-order valence-electron chi connectivity index (χ3n) is 18.2. The molecule has 4 heteroatoms. The summed E-state index contributed by atoms with van der Waals surface area (Å²) in [7, 11) is 0. The van der Waals surface area contributed by atoms with Crippen molar-refractivity contribution in [2.45, 2.75) is 124 Å². The number of fused-ring (bicyclic) bond motifs is 6. The number of aryl methyl sites for hydroxylation is 1. The van der Waals surface area contributed by atoms with Crippen molar-refractivity contribution in [2.24, 2.45) is 5.41 Å². The zero-order valence-electron chi connectivity index (χ0n) is 44.5. The lowest BCUT2D eigenvalue weighted by molar-refractivity contribution is 0.0106. The molecule has 2 unspecified atom stereocenters. The molecule has 72 heavy (non-hydrogen) atoms. The summed E-state index contributed by atoms with van der Waals surface area (Å²) in [5, 5.41) is 0. The van der Waals surface area contributed by atoms with Crippen molar-refractivity contribution in [1.29, 1.82) is 0 Å². The molecule has 0 bridgehead atoms. The van der Waals surface area contributed by atoms with Gasteiger partial charge < -0.3 is 14.7 Å². The molecule has 8 aromatic rings. The monoisotopic (exact) mass is 940 g/mol. The number of nitrogens with zero attached hydrogens (tertiary/aromatic N) is 3. The third-order valence-corrected chi connectivity index (χ3v) is 18.2. The highest BCUT2D eigenvalue weighted by atomic mass is 15.3. The van der Waals surface area contributed by atoms with Gasteiger partial charge in [-0.2, -0.15) is 0 Å². The highest BCUT2D eigenvalue weighted by Gasteiger charge is 2.62. The van der Waals surface area contributed by atoms with Gasteiger partial charge in [-0.1, -0.05) is 190 Å². The van der Waals surface area contributed by atoms with Gasteiger partial charge in [0.1, 0.15) is 0 Å². The molecule has 3 heterocycles. The van der Waals surface area contributed by atoms with Crippen molar-refractivity contribution in [3.8, 4) is 22.3 Å². The van der Waals surface area contributed by atoms with Crippen LogP contribution >= 0.6 is 0 Å². The molecule has 1 fully saturated rings. The fourth-order valence-electron chi connectivity index (χ4n) is 13.8. The predicted molar refractivity (Wildman–Crippen MR) is 310 cm³/mol. The Morgan fingerprint density at radius 3 is 1.74 bits per heavy atom. The maximum atomic E-state index is 2.79. The Labute approximate surface area is 430 Å². The lowest BCUT2D eigenvalue weighted by Crippen LogP contribution is -2.67. The Balaban J connectivity index is 1.16. The molecule has 3 aliphatic heterocycles. The summed E-state index contributed by atoms with van der Waals surface area (Å²) in [5.41, 5.74) is 24.1. The van der Waals surface area contributed by atoms with E-state index in [0.717, 1.165) is 6.42 Å². The predicted octanol–water partition coefficient (Wildman–Crippen LogP) is 16.8. The summed E-state index contributed by atoms with van der Waals surface area (Å²) in [5.74, 6) is 0. The second-order valence-corrected chi connectivity index (χ2v) is 24.6. The highest BCUT2D eigenvalue weighted by Crippen LogP contribution is 2.65. The largest absolute Gasteiger partial charge is 0.335 e. The molecule has 0 aromatic heterocycles. The van der Waals surface area contributed by atoms with E-state index in [1.807, 2.05) is 0 Å². The molecule has 4 aliphatic rings. The lowest BCUT2D eigenvalue weighted by Gasteiger charge is -2.66. The first-order chi connectivity index (χ1) is 34.4. The fraction of sp³-hybridized carbons (Fsp3) is 0.294. The molecule has 360 valence electrons. The van der Waals surface area contributed by atoms with Crippen molar-refractivity contribution < 1.29 is 0 Å².